The molecule has 0 saturated carbocycles. The summed E-state index contributed by atoms with van der Waals surface area (Å²) in [4.78, 5) is 0. The van der Waals surface area contributed by atoms with Crippen molar-refractivity contribution in [3.63, 3.8) is 0 Å². The second-order valence-electron chi connectivity index (χ2n) is 13.3. The van der Waals surface area contributed by atoms with Gasteiger partial charge in [0.15, 0.2) is 22.3 Å². The van der Waals surface area contributed by atoms with Gasteiger partial charge >= 0.3 is 0 Å². The van der Waals surface area contributed by atoms with Gasteiger partial charge < -0.3 is 18.0 Å². The molecular weight excluding hydrogens is 637 g/mol. The molecule has 4 heteroatoms. The van der Waals surface area contributed by atoms with Crippen LogP contribution in [0.2, 0.25) is 0 Å². The third-order valence-electron chi connectivity index (χ3n) is 10.4. The van der Waals surface area contributed by atoms with Crippen LogP contribution in [-0.2, 0) is 0 Å². The molecule has 0 saturated heterocycles. The lowest BCUT2D eigenvalue weighted by atomic mass is 9.93. The smallest absolute Gasteiger partial charge is 0.152 e. The normalized spacial score (nSPS) is 11.8. The van der Waals surface area contributed by atoms with Crippen LogP contribution in [0.15, 0.2) is 191 Å². The zero-order valence-electron chi connectivity index (χ0n) is 28.0. The summed E-state index contributed by atoms with van der Waals surface area (Å²) in [7, 11) is 0. The van der Waals surface area contributed by atoms with Gasteiger partial charge in [-0.2, -0.15) is 0 Å². The second-order valence-corrected chi connectivity index (χ2v) is 13.3. The van der Waals surface area contributed by atoms with Crippen LogP contribution in [0.1, 0.15) is 0 Å². The third-order valence-corrected chi connectivity index (χ3v) is 10.4. The summed E-state index contributed by atoms with van der Waals surface area (Å²) >= 11 is 0. The van der Waals surface area contributed by atoms with Crippen molar-refractivity contribution in [1.82, 2.24) is 9.13 Å². The van der Waals surface area contributed by atoms with Gasteiger partial charge in [-0.05, 0) is 116 Å². The van der Waals surface area contributed by atoms with Crippen molar-refractivity contribution >= 4 is 87.5 Å². The minimum Gasteiger partial charge on any atom is -0.453 e. The van der Waals surface area contributed by atoms with Crippen LogP contribution in [0.3, 0.4) is 0 Å². The van der Waals surface area contributed by atoms with Crippen LogP contribution >= 0.6 is 0 Å². The highest BCUT2D eigenvalue weighted by Gasteiger charge is 2.17. The number of hydrogen-bond acceptors (Lipinski definition) is 2. The SMILES string of the molecule is c1ccc(-n2c3ccccc3oc3cc4c5ccccc5c5cc6c(cc5c5ccccc5c4cc32)oc2ccccc2n6-c2ccccc2)cc1. The number of fused-ring (bicyclic) bond motifs is 12. The lowest BCUT2D eigenvalue weighted by Gasteiger charge is -2.18. The Morgan fingerprint density at radius 2 is 0.577 bits per heavy atom. The van der Waals surface area contributed by atoms with Crippen LogP contribution < -0.4 is 0 Å². The molecule has 0 aliphatic rings. The van der Waals surface area contributed by atoms with Gasteiger partial charge in [0.2, 0.25) is 0 Å². The maximum atomic E-state index is 6.75. The van der Waals surface area contributed by atoms with Gasteiger partial charge in [-0.1, -0.05) is 109 Å². The highest BCUT2D eigenvalue weighted by Crippen LogP contribution is 2.40. The Balaban J connectivity index is 1.38. The second kappa shape index (κ2) is 11.2. The van der Waals surface area contributed by atoms with E-state index in [2.05, 4.69) is 167 Å². The van der Waals surface area contributed by atoms with E-state index in [0.29, 0.717) is 0 Å². The van der Waals surface area contributed by atoms with Crippen molar-refractivity contribution in [2.24, 2.45) is 0 Å². The Bertz CT molecular complexity index is 3060. The molecule has 4 nitrogen and oxygen atoms in total. The molecule has 0 unspecified atom stereocenters. The summed E-state index contributed by atoms with van der Waals surface area (Å²) in [6.45, 7) is 0. The molecule has 11 aromatic rings. The van der Waals surface area contributed by atoms with E-state index in [-0.39, 0.29) is 0 Å². The molecule has 2 heterocycles. The topological polar surface area (TPSA) is 36.1 Å². The maximum absolute atomic E-state index is 6.75. The van der Waals surface area contributed by atoms with Gasteiger partial charge in [-0.25, -0.2) is 0 Å². The number of rotatable bonds is 2. The minimum atomic E-state index is 0.820. The minimum absolute atomic E-state index is 0.820. The Morgan fingerprint density at radius 3 is 0.981 bits per heavy atom. The molecule has 9 aromatic carbocycles. The van der Waals surface area contributed by atoms with Gasteiger partial charge in [0, 0.05) is 11.4 Å². The quantitative estimate of drug-likeness (QED) is 0.172. The van der Waals surface area contributed by atoms with E-state index >= 15 is 0 Å². The lowest BCUT2D eigenvalue weighted by Crippen LogP contribution is -2.00. The average molecular weight is 667 g/mol. The average Bonchev–Trinajstić information content (AvgIpc) is 3.21. The van der Waals surface area contributed by atoms with Crippen LogP contribution in [0.25, 0.3) is 98.9 Å². The fourth-order valence-corrected chi connectivity index (χ4v) is 8.11. The molecule has 0 radical (unpaired) electrons. The van der Waals surface area contributed by atoms with Crippen molar-refractivity contribution in [3.05, 3.63) is 182 Å². The maximum Gasteiger partial charge on any atom is 0.152 e. The number of nitrogens with zero attached hydrogens (tertiary/aromatic N) is 2. The van der Waals surface area contributed by atoms with E-state index in [1.807, 2.05) is 24.3 Å². The van der Waals surface area contributed by atoms with E-state index in [1.54, 1.807) is 0 Å². The molecule has 0 amide bonds. The molecule has 52 heavy (non-hydrogen) atoms. The first-order valence-corrected chi connectivity index (χ1v) is 17.6. The highest BCUT2D eigenvalue weighted by molar-refractivity contribution is 6.28. The number of hydrogen-bond donors (Lipinski definition) is 0. The summed E-state index contributed by atoms with van der Waals surface area (Å²) in [5.41, 5.74) is 9.48. The fourth-order valence-electron chi connectivity index (χ4n) is 8.11. The monoisotopic (exact) mass is 666 g/mol. The summed E-state index contributed by atoms with van der Waals surface area (Å²) in [5, 5.41) is 9.13. The van der Waals surface area contributed by atoms with Crippen molar-refractivity contribution in [2.45, 2.75) is 0 Å². The van der Waals surface area contributed by atoms with E-state index in [0.717, 1.165) is 98.9 Å². The number of aromatic nitrogens is 2. The number of para-hydroxylation sites is 6. The molecule has 0 spiro atoms. The molecule has 0 bridgehead atoms. The molecule has 0 fully saturated rings. The van der Waals surface area contributed by atoms with Crippen molar-refractivity contribution < 1.29 is 8.83 Å². The predicted molar refractivity (Wildman–Crippen MR) is 216 cm³/mol. The van der Waals surface area contributed by atoms with E-state index in [9.17, 15) is 0 Å². The van der Waals surface area contributed by atoms with Crippen LogP contribution in [0.5, 0.6) is 0 Å². The molecule has 244 valence electrons. The van der Waals surface area contributed by atoms with E-state index < -0.39 is 0 Å². The molecule has 0 aliphatic carbocycles. The summed E-state index contributed by atoms with van der Waals surface area (Å²) < 4.78 is 18.1. The molecule has 11 rings (SSSR count). The highest BCUT2D eigenvalue weighted by atomic mass is 16.3. The van der Waals surface area contributed by atoms with Gasteiger partial charge in [0.1, 0.15) is 0 Å². The van der Waals surface area contributed by atoms with Crippen LogP contribution in [-0.4, -0.2) is 9.13 Å². The fraction of sp³-hybridized carbons (Fsp3) is 0. The summed E-state index contributed by atoms with van der Waals surface area (Å²) in [6.07, 6.45) is 0. The van der Waals surface area contributed by atoms with Crippen molar-refractivity contribution in [1.29, 1.82) is 0 Å². The Labute approximate surface area is 297 Å². The largest absolute Gasteiger partial charge is 0.453 e. The van der Waals surface area contributed by atoms with Gasteiger partial charge in [-0.15, -0.1) is 0 Å². The Morgan fingerprint density at radius 1 is 0.250 bits per heavy atom. The Kier molecular flexibility index (Phi) is 6.22. The molecule has 2 aromatic heterocycles. The first-order valence-electron chi connectivity index (χ1n) is 17.6. The first-order chi connectivity index (χ1) is 25.8. The molecular formula is C48H30N2O2. The van der Waals surface area contributed by atoms with Gasteiger partial charge in [0.05, 0.1) is 22.1 Å². The van der Waals surface area contributed by atoms with Gasteiger partial charge in [-0.3, -0.25) is 0 Å². The zero-order chi connectivity index (χ0) is 34.2. The van der Waals surface area contributed by atoms with Crippen LogP contribution in [0.4, 0.5) is 0 Å². The Hall–Kier alpha value is -7.04. The van der Waals surface area contributed by atoms with Crippen molar-refractivity contribution in [2.75, 3.05) is 0 Å². The van der Waals surface area contributed by atoms with E-state index in [1.165, 1.54) is 0 Å². The number of benzene rings is 8. The predicted octanol–water partition coefficient (Wildman–Crippen LogP) is 13.4. The molecule has 0 N–H and O–H groups in total. The van der Waals surface area contributed by atoms with Crippen molar-refractivity contribution in [3.8, 4) is 11.4 Å². The molecule has 0 atom stereocenters. The zero-order valence-corrected chi connectivity index (χ0v) is 28.0. The summed E-state index contributed by atoms with van der Waals surface area (Å²) in [5.74, 6) is 0. The third kappa shape index (κ3) is 4.28. The summed E-state index contributed by atoms with van der Waals surface area (Å²) in [6, 6.07) is 64.3. The van der Waals surface area contributed by atoms with E-state index in [4.69, 9.17) is 8.83 Å². The van der Waals surface area contributed by atoms with Gasteiger partial charge in [0.25, 0.3) is 0 Å². The standard InChI is InChI=1S/C48H30N2O2/c1-3-15-31(16-4-1)49-41-23-11-13-25-45(41)51-47-29-39-36-22-10-8-20-34(36)38-28-44-48(30-40(38)35-21-9-7-19-33(35)37(39)27-43(47)49)52-46-26-14-12-24-42(46)50(44)32-17-5-2-6-18-32/h1-30H. The lowest BCUT2D eigenvalue weighted by molar-refractivity contribution is 0.653. The van der Waals surface area contributed by atoms with Crippen LogP contribution in [0, 0.1) is 0 Å². The first kappa shape index (κ1) is 28.8. The molecule has 0 aliphatic heterocycles.